The first-order valence-corrected chi connectivity index (χ1v) is 9.93. The number of fused-ring (bicyclic) bond motifs is 1. The maximum atomic E-state index is 12.4. The third kappa shape index (κ3) is 2.67. The summed E-state index contributed by atoms with van der Waals surface area (Å²) in [5, 5.41) is 3.81. The predicted molar refractivity (Wildman–Crippen MR) is 82.3 cm³/mol. The van der Waals surface area contributed by atoms with E-state index in [1.165, 1.54) is 16.2 Å². The minimum Gasteiger partial charge on any atom is -0.206 e. The third-order valence-corrected chi connectivity index (χ3v) is 8.32. The topological polar surface area (TPSA) is 46.2 Å². The number of nitrogens with one attached hydrogen (secondary N) is 1. The van der Waals surface area contributed by atoms with Gasteiger partial charge < -0.3 is 0 Å². The number of hydrogen-bond donors (Lipinski definition) is 1. The number of sulfonamides is 1. The van der Waals surface area contributed by atoms with Crippen molar-refractivity contribution in [2.45, 2.75) is 29.5 Å². The van der Waals surface area contributed by atoms with E-state index in [-0.39, 0.29) is 6.04 Å². The Morgan fingerprint density at radius 3 is 2.79 bits per heavy atom. The molecule has 1 unspecified atom stereocenters. The van der Waals surface area contributed by atoms with Gasteiger partial charge in [-0.25, -0.2) is 13.1 Å². The van der Waals surface area contributed by atoms with E-state index >= 15 is 0 Å². The zero-order valence-corrected chi connectivity index (χ0v) is 14.0. The van der Waals surface area contributed by atoms with Crippen LogP contribution in [0.4, 0.5) is 0 Å². The Morgan fingerprint density at radius 2 is 2.05 bits per heavy atom. The van der Waals surface area contributed by atoms with Gasteiger partial charge in [0.05, 0.1) is 0 Å². The van der Waals surface area contributed by atoms with Crippen LogP contribution in [-0.2, 0) is 16.4 Å². The average Bonchev–Trinajstić information content (AvgIpc) is 2.97. The highest BCUT2D eigenvalue weighted by molar-refractivity contribution is 9.10. The lowest BCUT2D eigenvalue weighted by atomic mass is 9.95. The van der Waals surface area contributed by atoms with Crippen molar-refractivity contribution in [2.24, 2.45) is 0 Å². The van der Waals surface area contributed by atoms with E-state index in [1.807, 2.05) is 11.4 Å². The molecule has 0 aliphatic heterocycles. The van der Waals surface area contributed by atoms with E-state index in [9.17, 15) is 8.42 Å². The molecule has 2 aromatic rings. The van der Waals surface area contributed by atoms with Crippen molar-refractivity contribution in [3.8, 4) is 0 Å². The highest BCUT2D eigenvalue weighted by Gasteiger charge is 2.28. The summed E-state index contributed by atoms with van der Waals surface area (Å²) < 4.78 is 28.6. The smallest absolute Gasteiger partial charge is 0.206 e. The molecular formula is C12H12BrNO2S3. The van der Waals surface area contributed by atoms with Gasteiger partial charge in [0.15, 0.2) is 0 Å². The predicted octanol–water partition coefficient (Wildman–Crippen LogP) is 3.93. The minimum atomic E-state index is -3.44. The van der Waals surface area contributed by atoms with Crippen LogP contribution >= 0.6 is 38.6 Å². The largest absolute Gasteiger partial charge is 0.251 e. The van der Waals surface area contributed by atoms with Gasteiger partial charge in [0.2, 0.25) is 0 Å². The molecule has 3 nitrogen and oxygen atoms in total. The van der Waals surface area contributed by atoms with Crippen LogP contribution in [0.3, 0.4) is 0 Å². The average molecular weight is 378 g/mol. The van der Waals surface area contributed by atoms with Gasteiger partial charge in [-0.3, -0.25) is 0 Å². The SMILES string of the molecule is O=S(=O)(NC1CCCc2sccc21)c1sccc1Br. The second kappa shape index (κ2) is 5.29. The van der Waals surface area contributed by atoms with Crippen molar-refractivity contribution >= 4 is 48.6 Å². The van der Waals surface area contributed by atoms with Crippen LogP contribution in [0.15, 0.2) is 31.6 Å². The zero-order chi connectivity index (χ0) is 13.5. The molecule has 1 N–H and O–H groups in total. The van der Waals surface area contributed by atoms with Crippen LogP contribution in [0.5, 0.6) is 0 Å². The van der Waals surface area contributed by atoms with Gasteiger partial charge in [-0.2, -0.15) is 0 Å². The lowest BCUT2D eigenvalue weighted by Gasteiger charge is -2.23. The molecule has 19 heavy (non-hydrogen) atoms. The first-order chi connectivity index (χ1) is 9.08. The van der Waals surface area contributed by atoms with Crippen molar-refractivity contribution in [3.05, 3.63) is 37.8 Å². The van der Waals surface area contributed by atoms with Crippen LogP contribution in [0.25, 0.3) is 0 Å². The zero-order valence-electron chi connectivity index (χ0n) is 9.93. The third-order valence-electron chi connectivity index (χ3n) is 3.18. The Kier molecular flexibility index (Phi) is 3.83. The van der Waals surface area contributed by atoms with Crippen molar-refractivity contribution in [1.82, 2.24) is 4.72 Å². The first-order valence-electron chi connectivity index (χ1n) is 5.89. The molecule has 3 rings (SSSR count). The number of halogens is 1. The maximum absolute atomic E-state index is 12.4. The number of aryl methyl sites for hydroxylation is 1. The fourth-order valence-corrected chi connectivity index (χ4v) is 6.91. The summed E-state index contributed by atoms with van der Waals surface area (Å²) in [6, 6.07) is 3.71. The molecule has 102 valence electrons. The van der Waals surface area contributed by atoms with Crippen LogP contribution in [0.2, 0.25) is 0 Å². The second-order valence-corrected chi connectivity index (χ2v) is 9.10. The molecule has 1 aliphatic rings. The molecule has 0 saturated carbocycles. The van der Waals surface area contributed by atoms with Gasteiger partial charge in [-0.15, -0.1) is 22.7 Å². The molecule has 2 heterocycles. The molecule has 0 aromatic carbocycles. The van der Waals surface area contributed by atoms with E-state index in [0.29, 0.717) is 8.68 Å². The molecule has 0 radical (unpaired) electrons. The van der Waals surface area contributed by atoms with Crippen LogP contribution in [-0.4, -0.2) is 8.42 Å². The summed E-state index contributed by atoms with van der Waals surface area (Å²) in [5.41, 5.74) is 1.15. The van der Waals surface area contributed by atoms with Crippen molar-refractivity contribution in [1.29, 1.82) is 0 Å². The molecule has 1 aliphatic carbocycles. The second-order valence-electron chi connectivity index (χ2n) is 4.42. The standard InChI is InChI=1S/C12H12BrNO2S3/c13-9-5-7-18-12(9)19(15,16)14-10-2-1-3-11-8(10)4-6-17-11/h4-7,10,14H,1-3H2. The Hall–Kier alpha value is -0.210. The monoisotopic (exact) mass is 377 g/mol. The minimum absolute atomic E-state index is 0.0889. The first kappa shape index (κ1) is 13.8. The summed E-state index contributed by atoms with van der Waals surface area (Å²) >= 11 is 6.23. The van der Waals surface area contributed by atoms with Gasteiger partial charge in [-0.1, -0.05) is 0 Å². The summed E-state index contributed by atoms with van der Waals surface area (Å²) in [5.74, 6) is 0. The van der Waals surface area contributed by atoms with E-state index in [4.69, 9.17) is 0 Å². The van der Waals surface area contributed by atoms with E-state index < -0.39 is 10.0 Å². The van der Waals surface area contributed by atoms with Gasteiger partial charge in [0, 0.05) is 15.4 Å². The molecule has 0 saturated heterocycles. The van der Waals surface area contributed by atoms with Crippen molar-refractivity contribution in [2.75, 3.05) is 0 Å². The molecule has 1 atom stereocenters. The van der Waals surface area contributed by atoms with Crippen molar-refractivity contribution < 1.29 is 8.42 Å². The fraction of sp³-hybridized carbons (Fsp3) is 0.333. The van der Waals surface area contributed by atoms with Crippen LogP contribution in [0.1, 0.15) is 29.3 Å². The highest BCUT2D eigenvalue weighted by Crippen LogP contribution is 2.35. The molecule has 0 fully saturated rings. The van der Waals surface area contributed by atoms with Gasteiger partial charge >= 0.3 is 0 Å². The fourth-order valence-electron chi connectivity index (χ4n) is 2.32. The van der Waals surface area contributed by atoms with E-state index in [1.54, 1.807) is 22.8 Å². The van der Waals surface area contributed by atoms with Gasteiger partial charge in [0.1, 0.15) is 4.21 Å². The lowest BCUT2D eigenvalue weighted by molar-refractivity contribution is 0.512. The van der Waals surface area contributed by atoms with Crippen LogP contribution < -0.4 is 4.72 Å². The summed E-state index contributed by atoms with van der Waals surface area (Å²) in [6.07, 6.45) is 2.96. The van der Waals surface area contributed by atoms with Gasteiger partial charge in [0.25, 0.3) is 10.0 Å². The molecule has 2 aromatic heterocycles. The Bertz CT molecular complexity index is 689. The normalized spacial score (nSPS) is 19.3. The molecular weight excluding hydrogens is 366 g/mol. The Morgan fingerprint density at radius 1 is 1.26 bits per heavy atom. The molecule has 0 bridgehead atoms. The molecule has 7 heteroatoms. The summed E-state index contributed by atoms with van der Waals surface area (Å²) in [7, 11) is -3.44. The summed E-state index contributed by atoms with van der Waals surface area (Å²) in [6.45, 7) is 0. The van der Waals surface area contributed by atoms with E-state index in [2.05, 4.69) is 20.7 Å². The van der Waals surface area contributed by atoms with Crippen molar-refractivity contribution in [3.63, 3.8) is 0 Å². The quantitative estimate of drug-likeness (QED) is 0.880. The summed E-state index contributed by atoms with van der Waals surface area (Å²) in [4.78, 5) is 1.31. The lowest BCUT2D eigenvalue weighted by Crippen LogP contribution is -2.30. The maximum Gasteiger partial charge on any atom is 0.251 e. The Labute approximate surface area is 128 Å². The number of rotatable bonds is 3. The molecule has 0 amide bonds. The number of thiophene rings is 2. The number of hydrogen-bond acceptors (Lipinski definition) is 4. The highest BCUT2D eigenvalue weighted by atomic mass is 79.9. The van der Waals surface area contributed by atoms with Crippen LogP contribution in [0, 0.1) is 0 Å². The Balaban J connectivity index is 1.90. The van der Waals surface area contributed by atoms with Gasteiger partial charge in [-0.05, 0) is 63.6 Å². The molecule has 0 spiro atoms. The van der Waals surface area contributed by atoms with E-state index in [0.717, 1.165) is 24.8 Å².